The van der Waals surface area contributed by atoms with E-state index in [-0.39, 0.29) is 5.91 Å². The number of pyridine rings is 1. The minimum atomic E-state index is -0.0170. The zero-order chi connectivity index (χ0) is 15.8. The fraction of sp³-hybridized carbons (Fsp3) is 0.250. The molecule has 116 valence electrons. The highest BCUT2D eigenvalue weighted by atomic mass is 32.2. The lowest BCUT2D eigenvalue weighted by Gasteiger charge is -2.09. The predicted octanol–water partition coefficient (Wildman–Crippen LogP) is 2.51. The molecule has 2 rings (SSSR count). The first-order valence-electron chi connectivity index (χ1n) is 6.73. The molecule has 0 aliphatic rings. The van der Waals surface area contributed by atoms with Crippen LogP contribution in [0.15, 0.2) is 47.6 Å². The molecule has 0 fully saturated rings. The molecule has 1 N–H and O–H groups in total. The Balaban J connectivity index is 1.83. The highest BCUT2D eigenvalue weighted by molar-refractivity contribution is 8.00. The van der Waals surface area contributed by atoms with Crippen LogP contribution >= 0.6 is 11.8 Å². The molecule has 1 heterocycles. The molecule has 0 aliphatic heterocycles. The van der Waals surface area contributed by atoms with Gasteiger partial charge in [-0.15, -0.1) is 11.8 Å². The van der Waals surface area contributed by atoms with E-state index in [1.54, 1.807) is 26.6 Å². The number of rotatable bonds is 7. The standard InChI is InChI=1S/C16H18N2O3S/c1-20-14-4-3-13(9-15(14)21-2)22-11-16(19)18-10-12-5-7-17-8-6-12/h3-9H,10-11H2,1-2H3,(H,18,19). The molecule has 0 atom stereocenters. The Bertz CT molecular complexity index is 620. The zero-order valence-electron chi connectivity index (χ0n) is 12.5. The minimum Gasteiger partial charge on any atom is -0.493 e. The van der Waals surface area contributed by atoms with Gasteiger partial charge in [0.25, 0.3) is 0 Å². The maximum absolute atomic E-state index is 11.9. The van der Waals surface area contributed by atoms with Gasteiger partial charge in [-0.05, 0) is 35.9 Å². The normalized spacial score (nSPS) is 10.1. The van der Waals surface area contributed by atoms with Crippen molar-refractivity contribution in [1.29, 1.82) is 0 Å². The molecule has 0 aliphatic carbocycles. The lowest BCUT2D eigenvalue weighted by molar-refractivity contribution is -0.118. The minimum absolute atomic E-state index is 0.0170. The summed E-state index contributed by atoms with van der Waals surface area (Å²) < 4.78 is 10.4. The maximum Gasteiger partial charge on any atom is 0.230 e. The number of ether oxygens (including phenoxy) is 2. The summed E-state index contributed by atoms with van der Waals surface area (Å²) in [6.07, 6.45) is 3.42. The van der Waals surface area contributed by atoms with Gasteiger partial charge in [0, 0.05) is 23.8 Å². The topological polar surface area (TPSA) is 60.5 Å². The lowest BCUT2D eigenvalue weighted by atomic mass is 10.3. The Hall–Kier alpha value is -2.21. The van der Waals surface area contributed by atoms with Crippen molar-refractivity contribution in [3.8, 4) is 11.5 Å². The van der Waals surface area contributed by atoms with E-state index < -0.39 is 0 Å². The second-order valence-electron chi connectivity index (χ2n) is 4.44. The second kappa shape index (κ2) is 8.29. The van der Waals surface area contributed by atoms with Crippen LogP contribution in [0, 0.1) is 0 Å². The molecule has 0 bridgehead atoms. The third kappa shape index (κ3) is 4.66. The van der Waals surface area contributed by atoms with Gasteiger partial charge in [0.05, 0.1) is 20.0 Å². The van der Waals surface area contributed by atoms with Crippen molar-refractivity contribution < 1.29 is 14.3 Å². The monoisotopic (exact) mass is 318 g/mol. The zero-order valence-corrected chi connectivity index (χ0v) is 13.4. The number of thioether (sulfide) groups is 1. The summed E-state index contributed by atoms with van der Waals surface area (Å²) in [6.45, 7) is 0.508. The third-order valence-electron chi connectivity index (χ3n) is 2.96. The van der Waals surface area contributed by atoms with Crippen LogP contribution in [0.1, 0.15) is 5.56 Å². The number of carbonyl (C=O) groups is 1. The van der Waals surface area contributed by atoms with E-state index in [1.807, 2.05) is 30.3 Å². The molecule has 1 amide bonds. The average molecular weight is 318 g/mol. The van der Waals surface area contributed by atoms with Crippen LogP contribution in [-0.4, -0.2) is 30.9 Å². The van der Waals surface area contributed by atoms with Gasteiger partial charge >= 0.3 is 0 Å². The van der Waals surface area contributed by atoms with Crippen molar-refractivity contribution in [3.05, 3.63) is 48.3 Å². The smallest absolute Gasteiger partial charge is 0.230 e. The molecule has 6 heteroatoms. The highest BCUT2D eigenvalue weighted by Gasteiger charge is 2.07. The summed E-state index contributed by atoms with van der Waals surface area (Å²) in [5.41, 5.74) is 1.03. The first-order valence-corrected chi connectivity index (χ1v) is 7.72. The Morgan fingerprint density at radius 3 is 2.55 bits per heavy atom. The Morgan fingerprint density at radius 2 is 1.86 bits per heavy atom. The largest absolute Gasteiger partial charge is 0.493 e. The number of nitrogens with zero attached hydrogens (tertiary/aromatic N) is 1. The SMILES string of the molecule is COc1ccc(SCC(=O)NCc2ccncc2)cc1OC. The molecular formula is C16H18N2O3S. The fourth-order valence-electron chi connectivity index (χ4n) is 1.81. The quantitative estimate of drug-likeness (QED) is 0.795. The van der Waals surface area contributed by atoms with Gasteiger partial charge in [-0.25, -0.2) is 0 Å². The number of hydrogen-bond donors (Lipinski definition) is 1. The van der Waals surface area contributed by atoms with Gasteiger partial charge < -0.3 is 14.8 Å². The van der Waals surface area contributed by atoms with Gasteiger partial charge in [-0.3, -0.25) is 9.78 Å². The van der Waals surface area contributed by atoms with E-state index >= 15 is 0 Å². The van der Waals surface area contributed by atoms with Crippen LogP contribution in [0.3, 0.4) is 0 Å². The van der Waals surface area contributed by atoms with Crippen molar-refractivity contribution in [1.82, 2.24) is 10.3 Å². The van der Waals surface area contributed by atoms with E-state index in [0.29, 0.717) is 23.8 Å². The Morgan fingerprint density at radius 1 is 1.14 bits per heavy atom. The number of amides is 1. The first-order chi connectivity index (χ1) is 10.7. The maximum atomic E-state index is 11.9. The van der Waals surface area contributed by atoms with Crippen molar-refractivity contribution in [2.24, 2.45) is 0 Å². The lowest BCUT2D eigenvalue weighted by Crippen LogP contribution is -2.24. The molecule has 1 aromatic heterocycles. The van der Waals surface area contributed by atoms with Crippen LogP contribution in [0.2, 0.25) is 0 Å². The molecule has 22 heavy (non-hydrogen) atoms. The third-order valence-corrected chi connectivity index (χ3v) is 3.96. The molecule has 0 unspecified atom stereocenters. The second-order valence-corrected chi connectivity index (χ2v) is 5.49. The van der Waals surface area contributed by atoms with E-state index in [9.17, 15) is 4.79 Å². The van der Waals surface area contributed by atoms with Crippen LogP contribution in [0.4, 0.5) is 0 Å². The van der Waals surface area contributed by atoms with E-state index in [0.717, 1.165) is 10.5 Å². The summed E-state index contributed by atoms with van der Waals surface area (Å²) in [7, 11) is 3.19. The number of methoxy groups -OCH3 is 2. The molecule has 0 saturated heterocycles. The summed E-state index contributed by atoms with van der Waals surface area (Å²) in [5, 5.41) is 2.88. The van der Waals surface area contributed by atoms with E-state index in [1.165, 1.54) is 11.8 Å². The molecule has 1 aromatic carbocycles. The van der Waals surface area contributed by atoms with Crippen LogP contribution in [-0.2, 0) is 11.3 Å². The molecule has 2 aromatic rings. The molecule has 0 saturated carbocycles. The predicted molar refractivity (Wildman–Crippen MR) is 86.4 cm³/mol. The van der Waals surface area contributed by atoms with Crippen molar-refractivity contribution in [2.45, 2.75) is 11.4 Å². The first kappa shape index (κ1) is 16.2. The summed E-state index contributed by atoms with van der Waals surface area (Å²) in [6, 6.07) is 9.35. The van der Waals surface area contributed by atoms with Gasteiger partial charge in [-0.2, -0.15) is 0 Å². The number of carbonyl (C=O) groups excluding carboxylic acids is 1. The van der Waals surface area contributed by atoms with Crippen LogP contribution in [0.25, 0.3) is 0 Å². The van der Waals surface area contributed by atoms with E-state index in [4.69, 9.17) is 9.47 Å². The molecular weight excluding hydrogens is 300 g/mol. The van der Waals surface area contributed by atoms with E-state index in [2.05, 4.69) is 10.3 Å². The summed E-state index contributed by atoms with van der Waals surface area (Å²) in [5.74, 6) is 1.66. The Labute approximate surface area is 134 Å². The van der Waals surface area contributed by atoms with Gasteiger partial charge in [0.2, 0.25) is 5.91 Å². The van der Waals surface area contributed by atoms with Gasteiger partial charge in [-0.1, -0.05) is 0 Å². The van der Waals surface area contributed by atoms with Crippen LogP contribution < -0.4 is 14.8 Å². The van der Waals surface area contributed by atoms with Crippen LogP contribution in [0.5, 0.6) is 11.5 Å². The number of hydrogen-bond acceptors (Lipinski definition) is 5. The van der Waals surface area contributed by atoms with Crippen molar-refractivity contribution in [3.63, 3.8) is 0 Å². The number of nitrogens with one attached hydrogen (secondary N) is 1. The molecule has 5 nitrogen and oxygen atoms in total. The number of benzene rings is 1. The van der Waals surface area contributed by atoms with Gasteiger partial charge in [0.1, 0.15) is 0 Å². The molecule has 0 radical (unpaired) electrons. The Kier molecular flexibility index (Phi) is 6.09. The fourth-order valence-corrected chi connectivity index (χ4v) is 2.56. The molecule has 0 spiro atoms. The summed E-state index contributed by atoms with van der Waals surface area (Å²) in [4.78, 5) is 16.8. The number of aromatic nitrogens is 1. The highest BCUT2D eigenvalue weighted by Crippen LogP contribution is 2.31. The average Bonchev–Trinajstić information content (AvgIpc) is 2.58. The van der Waals surface area contributed by atoms with Crippen molar-refractivity contribution in [2.75, 3.05) is 20.0 Å². The van der Waals surface area contributed by atoms with Gasteiger partial charge in [0.15, 0.2) is 11.5 Å². The summed E-state index contributed by atoms with van der Waals surface area (Å²) >= 11 is 1.45. The van der Waals surface area contributed by atoms with Crippen molar-refractivity contribution >= 4 is 17.7 Å².